The Bertz CT molecular complexity index is 1450. The Kier molecular flexibility index (Phi) is 6.86. The van der Waals surface area contributed by atoms with Crippen molar-refractivity contribution in [2.75, 3.05) is 19.8 Å². The molecule has 10 heteroatoms. The molecule has 5 rings (SSSR count). The summed E-state index contributed by atoms with van der Waals surface area (Å²) < 4.78 is 42.8. The molecule has 0 aromatic heterocycles. The summed E-state index contributed by atoms with van der Waals surface area (Å²) in [5.74, 6) is -1.95. The monoisotopic (exact) mass is 540 g/mol. The molecule has 0 saturated carbocycles. The lowest BCUT2D eigenvalue weighted by atomic mass is 9.79. The third-order valence-electron chi connectivity index (χ3n) is 7.14. The fourth-order valence-corrected chi connectivity index (χ4v) is 5.83. The number of aliphatic hydroxyl groups is 1. The highest BCUT2D eigenvalue weighted by molar-refractivity contribution is 6.34. The summed E-state index contributed by atoms with van der Waals surface area (Å²) in [6.45, 7) is -0.238. The fourth-order valence-electron chi connectivity index (χ4n) is 5.56. The van der Waals surface area contributed by atoms with Crippen molar-refractivity contribution in [1.29, 1.82) is 5.26 Å². The van der Waals surface area contributed by atoms with Crippen molar-refractivity contribution in [3.05, 3.63) is 81.9 Å². The first-order chi connectivity index (χ1) is 18.3. The van der Waals surface area contributed by atoms with Gasteiger partial charge in [-0.2, -0.15) is 5.26 Å². The maximum atomic E-state index is 15.8. The molecule has 1 fully saturated rings. The number of halogens is 3. The molecule has 2 aliphatic rings. The van der Waals surface area contributed by atoms with E-state index < -0.39 is 34.4 Å². The molecular weight excluding hydrogens is 518 g/mol. The summed E-state index contributed by atoms with van der Waals surface area (Å²) in [6, 6.07) is 14.1. The van der Waals surface area contributed by atoms with Gasteiger partial charge in [0.05, 0.1) is 29.3 Å². The lowest BCUT2D eigenvalue weighted by Crippen LogP contribution is -2.52. The minimum Gasteiger partial charge on any atom is -0.488 e. The lowest BCUT2D eigenvalue weighted by molar-refractivity contribution is 0.00693. The summed E-state index contributed by atoms with van der Waals surface area (Å²) in [5, 5.41) is 28.4. The molecule has 196 valence electrons. The van der Waals surface area contributed by atoms with Crippen molar-refractivity contribution in [2.45, 2.75) is 30.9 Å². The zero-order chi connectivity index (χ0) is 27.0. The quantitative estimate of drug-likeness (QED) is 0.428. The summed E-state index contributed by atoms with van der Waals surface area (Å²) in [6.07, 6.45) is 0.0777. The van der Waals surface area contributed by atoms with Gasteiger partial charge in [0, 0.05) is 35.7 Å². The van der Waals surface area contributed by atoms with Gasteiger partial charge in [0.2, 0.25) is 0 Å². The number of carboxylic acid groups (broad SMARTS) is 1. The third kappa shape index (κ3) is 4.10. The maximum absolute atomic E-state index is 15.8. The number of nitrogens with zero attached hydrogens (tertiary/aromatic N) is 2. The first-order valence-electron chi connectivity index (χ1n) is 12.0. The van der Waals surface area contributed by atoms with E-state index in [9.17, 15) is 15.2 Å². The van der Waals surface area contributed by atoms with Crippen LogP contribution in [-0.2, 0) is 12.0 Å². The van der Waals surface area contributed by atoms with Crippen LogP contribution in [0.15, 0.2) is 48.5 Å². The van der Waals surface area contributed by atoms with E-state index in [1.807, 2.05) is 24.3 Å². The Balaban J connectivity index is 1.74. The minimum atomic E-state index is -1.24. The molecule has 3 aromatic carbocycles. The molecule has 1 unspecified atom stereocenters. The van der Waals surface area contributed by atoms with E-state index in [-0.39, 0.29) is 47.8 Å². The van der Waals surface area contributed by atoms with E-state index in [2.05, 4.69) is 0 Å². The zero-order valence-corrected chi connectivity index (χ0v) is 20.8. The van der Waals surface area contributed by atoms with E-state index in [0.717, 1.165) is 6.07 Å². The number of benzene rings is 3. The first kappa shape index (κ1) is 25.8. The number of aliphatic hydroxyl groups excluding tert-OH is 1. The molecule has 3 aromatic rings. The van der Waals surface area contributed by atoms with Gasteiger partial charge in [-0.15, -0.1) is 0 Å². The van der Waals surface area contributed by atoms with Crippen molar-refractivity contribution in [3.8, 4) is 28.7 Å². The molecule has 7 nitrogen and oxygen atoms in total. The number of amides is 1. The summed E-state index contributed by atoms with van der Waals surface area (Å²) >= 11 is 6.45. The summed E-state index contributed by atoms with van der Waals surface area (Å²) in [7, 11) is 0. The summed E-state index contributed by atoms with van der Waals surface area (Å²) in [5.41, 5.74) is -0.608. The molecule has 38 heavy (non-hydrogen) atoms. The molecule has 2 aliphatic heterocycles. The van der Waals surface area contributed by atoms with Crippen LogP contribution in [0.5, 0.6) is 11.5 Å². The highest BCUT2D eigenvalue weighted by Crippen LogP contribution is 2.53. The van der Waals surface area contributed by atoms with Crippen molar-refractivity contribution >= 4 is 17.7 Å². The SMILES string of the molecule is N#Cc1ccc(OCCO)c(F)c1-c1c(Cl)c(F)cc2c1C[C@](c1ccccc1)(C1CCCN1C(=O)O)O2. The van der Waals surface area contributed by atoms with E-state index in [1.54, 1.807) is 12.1 Å². The van der Waals surface area contributed by atoms with Crippen LogP contribution in [0, 0.1) is 23.0 Å². The van der Waals surface area contributed by atoms with Crippen LogP contribution >= 0.6 is 11.6 Å². The number of ether oxygens (including phenoxy) is 2. The van der Waals surface area contributed by atoms with Crippen LogP contribution in [0.2, 0.25) is 5.02 Å². The highest BCUT2D eigenvalue weighted by atomic mass is 35.5. The molecule has 2 atom stereocenters. The Hall–Kier alpha value is -3.87. The van der Waals surface area contributed by atoms with Gasteiger partial charge in [-0.25, -0.2) is 13.6 Å². The lowest BCUT2D eigenvalue weighted by Gasteiger charge is -2.39. The third-order valence-corrected chi connectivity index (χ3v) is 7.51. The number of carbonyl (C=O) groups is 1. The van der Waals surface area contributed by atoms with E-state index in [0.29, 0.717) is 30.5 Å². The second kappa shape index (κ2) is 10.1. The molecule has 1 saturated heterocycles. The molecular formula is C28H23ClF2N2O5. The van der Waals surface area contributed by atoms with Crippen molar-refractivity contribution in [2.24, 2.45) is 0 Å². The first-order valence-corrected chi connectivity index (χ1v) is 12.4. The maximum Gasteiger partial charge on any atom is 0.407 e. The number of hydrogen-bond acceptors (Lipinski definition) is 5. The normalized spacial score (nSPS) is 20.1. The average molecular weight is 541 g/mol. The topological polar surface area (TPSA) is 103 Å². The van der Waals surface area contributed by atoms with Gasteiger partial charge in [0.15, 0.2) is 17.2 Å². The smallest absolute Gasteiger partial charge is 0.407 e. The van der Waals surface area contributed by atoms with Crippen LogP contribution < -0.4 is 9.47 Å². The second-order valence-corrected chi connectivity index (χ2v) is 9.55. The Labute approximate surface area is 222 Å². The van der Waals surface area contributed by atoms with Gasteiger partial charge >= 0.3 is 6.09 Å². The van der Waals surface area contributed by atoms with E-state index in [4.69, 9.17) is 26.2 Å². The van der Waals surface area contributed by atoms with E-state index in [1.165, 1.54) is 17.0 Å². The minimum absolute atomic E-state index is 0.0529. The Morgan fingerprint density at radius 2 is 2.00 bits per heavy atom. The van der Waals surface area contributed by atoms with Gasteiger partial charge < -0.3 is 24.6 Å². The molecule has 0 bridgehead atoms. The van der Waals surface area contributed by atoms with E-state index >= 15 is 8.78 Å². The van der Waals surface area contributed by atoms with Gasteiger partial charge in [-0.05, 0) is 30.5 Å². The molecule has 2 heterocycles. The van der Waals surface area contributed by atoms with Crippen molar-refractivity contribution in [1.82, 2.24) is 4.90 Å². The van der Waals surface area contributed by atoms with Gasteiger partial charge in [-0.3, -0.25) is 0 Å². The van der Waals surface area contributed by atoms with Crippen LogP contribution in [0.1, 0.15) is 29.5 Å². The van der Waals surface area contributed by atoms with Crippen LogP contribution in [0.3, 0.4) is 0 Å². The van der Waals surface area contributed by atoms with Crippen LogP contribution in [0.25, 0.3) is 11.1 Å². The van der Waals surface area contributed by atoms with Gasteiger partial charge in [0.25, 0.3) is 0 Å². The van der Waals surface area contributed by atoms with Gasteiger partial charge in [0.1, 0.15) is 18.2 Å². The largest absolute Gasteiger partial charge is 0.488 e. The predicted octanol–water partition coefficient (Wildman–Crippen LogP) is 5.50. The zero-order valence-electron chi connectivity index (χ0n) is 20.1. The van der Waals surface area contributed by atoms with Crippen molar-refractivity contribution in [3.63, 3.8) is 0 Å². The number of likely N-dealkylation sites (tertiary alicyclic amines) is 1. The fraction of sp³-hybridized carbons (Fsp3) is 0.286. The highest BCUT2D eigenvalue weighted by Gasteiger charge is 2.53. The average Bonchev–Trinajstić information content (AvgIpc) is 3.56. The second-order valence-electron chi connectivity index (χ2n) is 9.18. The van der Waals surface area contributed by atoms with Crippen LogP contribution in [-0.4, -0.2) is 47.0 Å². The summed E-state index contributed by atoms with van der Waals surface area (Å²) in [4.78, 5) is 13.5. The van der Waals surface area contributed by atoms with Crippen LogP contribution in [0.4, 0.5) is 13.6 Å². The Morgan fingerprint density at radius 1 is 1.24 bits per heavy atom. The molecule has 0 spiro atoms. The van der Waals surface area contributed by atoms with Gasteiger partial charge in [-0.1, -0.05) is 41.9 Å². The number of nitriles is 1. The standard InChI is InChI=1S/C28H23ClF2N2O5/c29-25-19(30)13-21-18(24(25)23-16(15-32)8-9-20(26(23)31)37-12-11-34)14-28(38-21,17-5-2-1-3-6-17)22-7-4-10-33(22)27(35)36/h1-3,5-6,8-9,13,22,34H,4,7,10-12,14H2,(H,35,36)/t22?,28-/m0/s1. The predicted molar refractivity (Wildman–Crippen MR) is 134 cm³/mol. The molecule has 0 aliphatic carbocycles. The molecule has 2 N–H and O–H groups in total. The number of rotatable bonds is 6. The number of hydrogen-bond donors (Lipinski definition) is 2. The number of fused-ring (bicyclic) bond motifs is 1. The molecule has 0 radical (unpaired) electrons. The van der Waals surface area contributed by atoms with Crippen molar-refractivity contribution < 1.29 is 33.3 Å². The Morgan fingerprint density at radius 3 is 2.68 bits per heavy atom. The molecule has 1 amide bonds.